The van der Waals surface area contributed by atoms with E-state index in [1.54, 1.807) is 16.7 Å². The molecule has 0 saturated heterocycles. The van der Waals surface area contributed by atoms with Gasteiger partial charge in [0.25, 0.3) is 0 Å². The zero-order valence-corrected chi connectivity index (χ0v) is 19.6. The van der Waals surface area contributed by atoms with E-state index in [2.05, 4.69) is 37.4 Å². The lowest BCUT2D eigenvalue weighted by atomic mass is 10.1. The Kier molecular flexibility index (Phi) is 9.44. The van der Waals surface area contributed by atoms with Crippen molar-refractivity contribution in [1.29, 1.82) is 0 Å². The molecule has 2 amide bonds. The highest BCUT2D eigenvalue weighted by molar-refractivity contribution is 7.99. The first-order valence-corrected chi connectivity index (χ1v) is 11.7. The lowest BCUT2D eigenvalue weighted by Gasteiger charge is -2.29. The molecule has 162 valence electrons. The predicted octanol–water partition coefficient (Wildman–Crippen LogP) is 4.79. The van der Waals surface area contributed by atoms with Crippen molar-refractivity contribution in [3.05, 3.63) is 70.3 Å². The minimum Gasteiger partial charge on any atom is -0.354 e. The van der Waals surface area contributed by atoms with Gasteiger partial charge in [-0.25, -0.2) is 0 Å². The minimum absolute atomic E-state index is 0.0101. The molecule has 2 rings (SSSR count). The summed E-state index contributed by atoms with van der Waals surface area (Å²) in [5.41, 5.74) is 5.90. The van der Waals surface area contributed by atoms with Crippen LogP contribution in [0, 0.1) is 20.8 Å². The molecule has 0 fully saturated rings. The van der Waals surface area contributed by atoms with Gasteiger partial charge in [0, 0.05) is 18.8 Å². The van der Waals surface area contributed by atoms with E-state index in [9.17, 15) is 9.59 Å². The molecule has 1 N–H and O–H groups in total. The van der Waals surface area contributed by atoms with Crippen LogP contribution < -0.4 is 5.32 Å². The SMILES string of the molecule is CCCNC(=O)[C@H](C)N(Cc1ccc(C)cc1)C(=O)CSCc1cc(C)cc(C)c1. The number of amides is 2. The van der Waals surface area contributed by atoms with Crippen molar-refractivity contribution in [1.82, 2.24) is 10.2 Å². The molecular weight excluding hydrogens is 392 g/mol. The van der Waals surface area contributed by atoms with Gasteiger partial charge in [0.05, 0.1) is 5.75 Å². The molecule has 2 aromatic rings. The van der Waals surface area contributed by atoms with Crippen LogP contribution in [-0.2, 0) is 21.9 Å². The molecule has 0 aromatic heterocycles. The number of hydrogen-bond acceptors (Lipinski definition) is 3. The number of carbonyl (C=O) groups is 2. The Morgan fingerprint density at radius 3 is 2.20 bits per heavy atom. The Labute approximate surface area is 185 Å². The molecule has 5 heteroatoms. The van der Waals surface area contributed by atoms with E-state index in [-0.39, 0.29) is 11.8 Å². The average molecular weight is 427 g/mol. The van der Waals surface area contributed by atoms with Gasteiger partial charge in [-0.3, -0.25) is 9.59 Å². The van der Waals surface area contributed by atoms with E-state index in [4.69, 9.17) is 0 Å². The second-order valence-electron chi connectivity index (χ2n) is 7.96. The predicted molar refractivity (Wildman–Crippen MR) is 127 cm³/mol. The van der Waals surface area contributed by atoms with Crippen LogP contribution in [0.5, 0.6) is 0 Å². The second-order valence-corrected chi connectivity index (χ2v) is 8.95. The summed E-state index contributed by atoms with van der Waals surface area (Å²) < 4.78 is 0. The van der Waals surface area contributed by atoms with E-state index in [1.165, 1.54) is 22.3 Å². The Morgan fingerprint density at radius 1 is 0.967 bits per heavy atom. The molecule has 0 saturated carbocycles. The van der Waals surface area contributed by atoms with Crippen molar-refractivity contribution in [2.75, 3.05) is 12.3 Å². The van der Waals surface area contributed by atoms with Crippen LogP contribution in [0.15, 0.2) is 42.5 Å². The number of aryl methyl sites for hydroxylation is 3. The summed E-state index contributed by atoms with van der Waals surface area (Å²) >= 11 is 1.60. The summed E-state index contributed by atoms with van der Waals surface area (Å²) in [6.07, 6.45) is 0.871. The third-order valence-electron chi connectivity index (χ3n) is 4.97. The van der Waals surface area contributed by atoms with E-state index in [1.807, 2.05) is 45.0 Å². The monoisotopic (exact) mass is 426 g/mol. The smallest absolute Gasteiger partial charge is 0.242 e. The normalized spacial score (nSPS) is 11.8. The van der Waals surface area contributed by atoms with Crippen LogP contribution >= 0.6 is 11.8 Å². The molecule has 0 heterocycles. The van der Waals surface area contributed by atoms with Gasteiger partial charge in [-0.15, -0.1) is 11.8 Å². The van der Waals surface area contributed by atoms with E-state index in [0.29, 0.717) is 18.8 Å². The molecule has 1 atom stereocenters. The van der Waals surface area contributed by atoms with Crippen molar-refractivity contribution in [3.8, 4) is 0 Å². The third-order valence-corrected chi connectivity index (χ3v) is 5.95. The van der Waals surface area contributed by atoms with Crippen molar-refractivity contribution in [2.45, 2.75) is 59.4 Å². The number of carbonyl (C=O) groups excluding carboxylic acids is 2. The maximum absolute atomic E-state index is 13.1. The molecule has 0 aliphatic carbocycles. The highest BCUT2D eigenvalue weighted by Gasteiger charge is 2.25. The minimum atomic E-state index is -0.507. The lowest BCUT2D eigenvalue weighted by molar-refractivity contribution is -0.138. The van der Waals surface area contributed by atoms with Gasteiger partial charge in [0.1, 0.15) is 6.04 Å². The van der Waals surface area contributed by atoms with Gasteiger partial charge >= 0.3 is 0 Å². The second kappa shape index (κ2) is 11.8. The van der Waals surface area contributed by atoms with Crippen molar-refractivity contribution < 1.29 is 9.59 Å². The molecule has 30 heavy (non-hydrogen) atoms. The first kappa shape index (κ1) is 24.0. The molecule has 0 radical (unpaired) electrons. The quantitative estimate of drug-likeness (QED) is 0.594. The third kappa shape index (κ3) is 7.52. The Bertz CT molecular complexity index is 828. The Balaban J connectivity index is 2.06. The standard InChI is InChI=1S/C25H34N2O2S/c1-6-11-26-25(29)21(5)27(15-22-9-7-18(2)8-10-22)24(28)17-30-16-23-13-19(3)12-20(4)14-23/h7-10,12-14,21H,6,11,15-17H2,1-5H3,(H,26,29)/t21-/m0/s1. The summed E-state index contributed by atoms with van der Waals surface area (Å²) in [6.45, 7) is 11.1. The topological polar surface area (TPSA) is 49.4 Å². The van der Waals surface area contributed by atoms with Crippen LogP contribution in [0.2, 0.25) is 0 Å². The number of thioether (sulfide) groups is 1. The Morgan fingerprint density at radius 2 is 1.60 bits per heavy atom. The maximum Gasteiger partial charge on any atom is 0.242 e. The molecule has 0 aliphatic rings. The van der Waals surface area contributed by atoms with E-state index >= 15 is 0 Å². The first-order valence-electron chi connectivity index (χ1n) is 10.6. The molecule has 0 spiro atoms. The van der Waals surface area contributed by atoms with E-state index in [0.717, 1.165) is 17.7 Å². The zero-order chi connectivity index (χ0) is 22.1. The highest BCUT2D eigenvalue weighted by atomic mass is 32.2. The van der Waals surface area contributed by atoms with Gasteiger partial charge in [0.2, 0.25) is 11.8 Å². The fourth-order valence-corrected chi connectivity index (χ4v) is 4.21. The number of benzene rings is 2. The molecule has 0 bridgehead atoms. The van der Waals surface area contributed by atoms with Crippen molar-refractivity contribution >= 4 is 23.6 Å². The largest absolute Gasteiger partial charge is 0.354 e. The molecule has 4 nitrogen and oxygen atoms in total. The first-order chi connectivity index (χ1) is 14.3. The van der Waals surface area contributed by atoms with Gasteiger partial charge < -0.3 is 10.2 Å². The number of hydrogen-bond donors (Lipinski definition) is 1. The molecule has 0 aliphatic heterocycles. The van der Waals surface area contributed by atoms with Crippen LogP contribution in [0.1, 0.15) is 48.1 Å². The maximum atomic E-state index is 13.1. The number of nitrogens with zero attached hydrogens (tertiary/aromatic N) is 1. The molecule has 0 unspecified atom stereocenters. The zero-order valence-electron chi connectivity index (χ0n) is 18.8. The average Bonchev–Trinajstić information content (AvgIpc) is 2.70. The van der Waals surface area contributed by atoms with Gasteiger partial charge in [-0.05, 0) is 45.2 Å². The van der Waals surface area contributed by atoms with E-state index < -0.39 is 6.04 Å². The van der Waals surface area contributed by atoms with Crippen LogP contribution in [0.25, 0.3) is 0 Å². The lowest BCUT2D eigenvalue weighted by Crippen LogP contribution is -2.48. The molecular formula is C25H34N2O2S. The summed E-state index contributed by atoms with van der Waals surface area (Å²) in [5.74, 6) is 1.02. The van der Waals surface area contributed by atoms with Crippen molar-refractivity contribution in [2.24, 2.45) is 0 Å². The Hall–Kier alpha value is -2.27. The fourth-order valence-electron chi connectivity index (χ4n) is 3.36. The summed E-state index contributed by atoms with van der Waals surface area (Å²) in [4.78, 5) is 27.3. The van der Waals surface area contributed by atoms with Crippen LogP contribution in [-0.4, -0.2) is 35.1 Å². The summed E-state index contributed by atoms with van der Waals surface area (Å²) in [6, 6.07) is 14.1. The summed E-state index contributed by atoms with van der Waals surface area (Å²) in [5, 5.41) is 2.92. The van der Waals surface area contributed by atoms with Crippen LogP contribution in [0.4, 0.5) is 0 Å². The molecule has 2 aromatic carbocycles. The number of rotatable bonds is 10. The van der Waals surface area contributed by atoms with Gasteiger partial charge in [0.15, 0.2) is 0 Å². The van der Waals surface area contributed by atoms with Gasteiger partial charge in [-0.2, -0.15) is 0 Å². The van der Waals surface area contributed by atoms with Crippen LogP contribution in [0.3, 0.4) is 0 Å². The van der Waals surface area contributed by atoms with Crippen molar-refractivity contribution in [3.63, 3.8) is 0 Å². The summed E-state index contributed by atoms with van der Waals surface area (Å²) in [7, 11) is 0. The highest BCUT2D eigenvalue weighted by Crippen LogP contribution is 2.18. The fraction of sp³-hybridized carbons (Fsp3) is 0.440. The number of nitrogens with one attached hydrogen (secondary N) is 1. The van der Waals surface area contributed by atoms with Gasteiger partial charge in [-0.1, -0.05) is 66.1 Å².